The highest BCUT2D eigenvalue weighted by Crippen LogP contribution is 2.37. The van der Waals surface area contributed by atoms with Crippen LogP contribution in [0.4, 0.5) is 0 Å². The van der Waals surface area contributed by atoms with Gasteiger partial charge >= 0.3 is 5.63 Å². The maximum atomic E-state index is 12.8. The van der Waals surface area contributed by atoms with Crippen LogP contribution in [0.15, 0.2) is 80.6 Å². The van der Waals surface area contributed by atoms with Crippen molar-refractivity contribution in [1.82, 2.24) is 0 Å². The Bertz CT molecular complexity index is 1440. The number of hydrogen-bond acceptors (Lipinski definition) is 3. The Hall–Kier alpha value is -3.30. The van der Waals surface area contributed by atoms with Crippen LogP contribution in [-0.2, 0) is 6.42 Å². The molecule has 2 aromatic heterocycles. The summed E-state index contributed by atoms with van der Waals surface area (Å²) >= 11 is 6.05. The molecule has 0 fully saturated rings. The lowest BCUT2D eigenvalue weighted by molar-refractivity contribution is 0.546. The zero-order chi connectivity index (χ0) is 20.8. The largest absolute Gasteiger partial charge is 0.463 e. The summed E-state index contributed by atoms with van der Waals surface area (Å²) in [5.41, 5.74) is 6.56. The molecule has 0 aliphatic rings. The average Bonchev–Trinajstić information content (AvgIpc) is 3.18. The number of fused-ring (bicyclic) bond motifs is 2. The molecule has 5 aromatic rings. The fourth-order valence-corrected chi connectivity index (χ4v) is 4.18. The van der Waals surface area contributed by atoms with Crippen LogP contribution in [0.1, 0.15) is 22.3 Å². The zero-order valence-corrected chi connectivity index (χ0v) is 17.4. The molecule has 0 bridgehead atoms. The third kappa shape index (κ3) is 3.03. The number of benzene rings is 3. The molecule has 5 rings (SSSR count). The van der Waals surface area contributed by atoms with Crippen molar-refractivity contribution in [3.8, 4) is 11.1 Å². The van der Waals surface area contributed by atoms with Gasteiger partial charge in [-0.25, -0.2) is 4.79 Å². The number of halogens is 1. The summed E-state index contributed by atoms with van der Waals surface area (Å²) < 4.78 is 11.7. The third-order valence-electron chi connectivity index (χ3n) is 5.72. The van der Waals surface area contributed by atoms with E-state index in [0.717, 1.165) is 44.2 Å². The first-order valence-corrected chi connectivity index (χ1v) is 10.2. The van der Waals surface area contributed by atoms with Gasteiger partial charge in [-0.15, -0.1) is 0 Å². The van der Waals surface area contributed by atoms with Crippen LogP contribution in [0, 0.1) is 13.8 Å². The van der Waals surface area contributed by atoms with Gasteiger partial charge in [-0.1, -0.05) is 54.1 Å². The van der Waals surface area contributed by atoms with E-state index in [1.165, 1.54) is 0 Å². The smallest absolute Gasteiger partial charge is 0.340 e. The van der Waals surface area contributed by atoms with E-state index in [9.17, 15) is 4.79 Å². The van der Waals surface area contributed by atoms with E-state index in [2.05, 4.69) is 6.07 Å². The lowest BCUT2D eigenvalue weighted by Gasteiger charge is -2.10. The van der Waals surface area contributed by atoms with Gasteiger partial charge in [0.05, 0.1) is 6.26 Å². The van der Waals surface area contributed by atoms with Gasteiger partial charge in [-0.3, -0.25) is 0 Å². The fraction of sp³-hybridized carbons (Fsp3) is 0.115. The molecule has 0 spiro atoms. The summed E-state index contributed by atoms with van der Waals surface area (Å²) in [6, 6.07) is 19.7. The lowest BCUT2D eigenvalue weighted by atomic mass is 9.96. The van der Waals surface area contributed by atoms with E-state index in [-0.39, 0.29) is 5.63 Å². The molecule has 0 saturated heterocycles. The normalized spacial score (nSPS) is 11.4. The highest BCUT2D eigenvalue weighted by atomic mass is 35.5. The van der Waals surface area contributed by atoms with Crippen LogP contribution in [0.5, 0.6) is 0 Å². The van der Waals surface area contributed by atoms with Crippen molar-refractivity contribution in [3.63, 3.8) is 0 Å². The number of hydrogen-bond donors (Lipinski definition) is 0. The Labute approximate surface area is 178 Å². The van der Waals surface area contributed by atoms with E-state index in [1.54, 1.807) is 6.26 Å². The van der Waals surface area contributed by atoms with E-state index < -0.39 is 0 Å². The predicted octanol–water partition coefficient (Wildman–Crippen LogP) is 7.07. The topological polar surface area (TPSA) is 43.4 Å². The quantitative estimate of drug-likeness (QED) is 0.296. The molecule has 0 aliphatic heterocycles. The number of rotatable bonds is 3. The van der Waals surface area contributed by atoms with Gasteiger partial charge in [0.1, 0.15) is 11.2 Å². The van der Waals surface area contributed by atoms with Gasteiger partial charge in [-0.05, 0) is 48.7 Å². The van der Waals surface area contributed by atoms with Crippen LogP contribution in [0.2, 0.25) is 5.02 Å². The first-order valence-electron chi connectivity index (χ1n) is 9.80. The van der Waals surface area contributed by atoms with Crippen molar-refractivity contribution in [1.29, 1.82) is 0 Å². The highest BCUT2D eigenvalue weighted by molar-refractivity contribution is 6.30. The van der Waals surface area contributed by atoms with Crippen molar-refractivity contribution < 1.29 is 8.83 Å². The molecule has 4 heteroatoms. The van der Waals surface area contributed by atoms with Gasteiger partial charge in [-0.2, -0.15) is 0 Å². The molecular weight excluding hydrogens is 396 g/mol. The Morgan fingerprint density at radius 2 is 1.60 bits per heavy atom. The van der Waals surface area contributed by atoms with E-state index in [0.29, 0.717) is 22.6 Å². The van der Waals surface area contributed by atoms with Crippen LogP contribution in [0.25, 0.3) is 33.1 Å². The highest BCUT2D eigenvalue weighted by Gasteiger charge is 2.19. The second kappa shape index (κ2) is 7.19. The number of furan rings is 1. The molecule has 0 amide bonds. The van der Waals surface area contributed by atoms with Gasteiger partial charge < -0.3 is 8.83 Å². The Kier molecular flexibility index (Phi) is 4.48. The van der Waals surface area contributed by atoms with E-state index in [4.69, 9.17) is 20.4 Å². The van der Waals surface area contributed by atoms with Crippen molar-refractivity contribution in [3.05, 3.63) is 105 Å². The molecule has 0 unspecified atom stereocenters. The summed E-state index contributed by atoms with van der Waals surface area (Å²) in [4.78, 5) is 12.8. The van der Waals surface area contributed by atoms with Crippen molar-refractivity contribution in [2.24, 2.45) is 0 Å². The Morgan fingerprint density at radius 1 is 0.867 bits per heavy atom. The summed E-state index contributed by atoms with van der Waals surface area (Å²) in [5.74, 6) is 0. The zero-order valence-electron chi connectivity index (χ0n) is 16.7. The van der Waals surface area contributed by atoms with Crippen molar-refractivity contribution >= 4 is 33.5 Å². The molecule has 3 nitrogen and oxygen atoms in total. The molecule has 3 aromatic carbocycles. The van der Waals surface area contributed by atoms with Crippen LogP contribution < -0.4 is 5.63 Å². The molecule has 30 heavy (non-hydrogen) atoms. The van der Waals surface area contributed by atoms with E-state index in [1.807, 2.05) is 68.4 Å². The number of aryl methyl sites for hydroxylation is 2. The maximum Gasteiger partial charge on any atom is 0.340 e. The lowest BCUT2D eigenvalue weighted by Crippen LogP contribution is -2.11. The molecule has 0 atom stereocenters. The standard InChI is InChI=1S/C26H19ClO3/c1-15-20-13-22-23(18-8-10-19(27)11-9-18)14-29-24(22)16(2)25(20)30-26(28)21(15)12-17-6-4-3-5-7-17/h3-11,13-14H,12H2,1-2H3. The SMILES string of the molecule is Cc1c(Cc2ccccc2)c(=O)oc2c(C)c3occ(-c4ccc(Cl)cc4)c3cc12. The fourth-order valence-electron chi connectivity index (χ4n) is 4.05. The van der Waals surface area contributed by atoms with Gasteiger partial charge in [0.2, 0.25) is 0 Å². The first kappa shape index (κ1) is 18.7. The minimum absolute atomic E-state index is 0.296. The summed E-state index contributed by atoms with van der Waals surface area (Å²) in [6.07, 6.45) is 2.29. The maximum absolute atomic E-state index is 12.8. The molecule has 0 aliphatic carbocycles. The molecular formula is C26H19ClO3. The van der Waals surface area contributed by atoms with Gasteiger partial charge in [0, 0.05) is 38.9 Å². The Balaban J connectivity index is 1.75. The van der Waals surface area contributed by atoms with Crippen molar-refractivity contribution in [2.45, 2.75) is 20.3 Å². The molecule has 0 radical (unpaired) electrons. The summed E-state index contributed by atoms with van der Waals surface area (Å²) in [6.45, 7) is 3.92. The minimum Gasteiger partial charge on any atom is -0.463 e. The first-order chi connectivity index (χ1) is 14.5. The molecule has 0 saturated carbocycles. The van der Waals surface area contributed by atoms with Crippen molar-refractivity contribution in [2.75, 3.05) is 0 Å². The molecule has 148 valence electrons. The van der Waals surface area contributed by atoms with Gasteiger partial charge in [0.15, 0.2) is 0 Å². The summed E-state index contributed by atoms with van der Waals surface area (Å²) in [7, 11) is 0. The van der Waals surface area contributed by atoms with Crippen LogP contribution in [0.3, 0.4) is 0 Å². The Morgan fingerprint density at radius 3 is 2.33 bits per heavy atom. The monoisotopic (exact) mass is 414 g/mol. The van der Waals surface area contributed by atoms with Crippen LogP contribution in [-0.4, -0.2) is 0 Å². The third-order valence-corrected chi connectivity index (χ3v) is 5.97. The molecule has 0 N–H and O–H groups in total. The van der Waals surface area contributed by atoms with E-state index >= 15 is 0 Å². The predicted molar refractivity (Wildman–Crippen MR) is 121 cm³/mol. The molecule has 2 heterocycles. The minimum atomic E-state index is -0.296. The average molecular weight is 415 g/mol. The second-order valence-corrected chi connectivity index (χ2v) is 8.00. The van der Waals surface area contributed by atoms with Gasteiger partial charge in [0.25, 0.3) is 0 Å². The van der Waals surface area contributed by atoms with Crippen LogP contribution >= 0.6 is 11.6 Å². The second-order valence-electron chi connectivity index (χ2n) is 7.57. The summed E-state index contributed by atoms with van der Waals surface area (Å²) in [5, 5.41) is 2.61.